The van der Waals surface area contributed by atoms with Crippen molar-refractivity contribution in [2.45, 2.75) is 90.5 Å². The van der Waals surface area contributed by atoms with Crippen molar-refractivity contribution in [2.24, 2.45) is 22.7 Å². The maximum atomic E-state index is 13.7. The summed E-state index contributed by atoms with van der Waals surface area (Å²) in [5.41, 5.74) is 17.5. The van der Waals surface area contributed by atoms with E-state index in [-0.39, 0.29) is 36.9 Å². The van der Waals surface area contributed by atoms with Crippen LogP contribution in [0.3, 0.4) is 0 Å². The number of sulfone groups is 1. The molecule has 13 heteroatoms. The minimum Gasteiger partial charge on any atom is -0.351 e. The first kappa shape index (κ1) is 38.3. The zero-order valence-electron chi connectivity index (χ0n) is 27.5. The van der Waals surface area contributed by atoms with E-state index in [1.807, 2.05) is 82.3 Å². The van der Waals surface area contributed by atoms with Crippen molar-refractivity contribution in [3.8, 4) is 0 Å². The standard InChI is InChI=1S/C33H49N7O5S/c1-22(2)17-28(31(41)36-27(15-16-46(5,44)45)19-25-11-13-26(21-34)14-12-25)37-32(42)29(18-23(3)4)38-33(43)30(39-40-35)20-24-9-7-6-8-10-24/h6-14,22-23,27-30H,15-21,34H2,1-5H3,(H,36,41)(H,37,42)(H,38,43)/t27-,28+,29+,30+/m1/s1. The average Bonchev–Trinajstić information content (AvgIpc) is 2.99. The number of hydrogen-bond acceptors (Lipinski definition) is 7. The van der Waals surface area contributed by atoms with Gasteiger partial charge in [0, 0.05) is 23.8 Å². The predicted octanol–water partition coefficient (Wildman–Crippen LogP) is 3.59. The van der Waals surface area contributed by atoms with E-state index in [1.165, 1.54) is 0 Å². The van der Waals surface area contributed by atoms with Gasteiger partial charge in [-0.05, 0) is 66.2 Å². The number of rotatable bonds is 19. The number of azide groups is 1. The van der Waals surface area contributed by atoms with Crippen LogP contribution < -0.4 is 21.7 Å². The molecule has 0 unspecified atom stereocenters. The van der Waals surface area contributed by atoms with Crippen molar-refractivity contribution in [1.29, 1.82) is 0 Å². The largest absolute Gasteiger partial charge is 0.351 e. The van der Waals surface area contributed by atoms with Crippen LogP contribution in [0.25, 0.3) is 10.4 Å². The van der Waals surface area contributed by atoms with E-state index in [0.29, 0.717) is 19.4 Å². The third-order valence-corrected chi connectivity index (χ3v) is 8.35. The summed E-state index contributed by atoms with van der Waals surface area (Å²) in [6, 6.07) is 13.2. The Labute approximate surface area is 272 Å². The van der Waals surface area contributed by atoms with Crippen LogP contribution in [0.1, 0.15) is 63.6 Å². The summed E-state index contributed by atoms with van der Waals surface area (Å²) >= 11 is 0. The third-order valence-electron chi connectivity index (χ3n) is 7.37. The Morgan fingerprint density at radius 1 is 0.783 bits per heavy atom. The highest BCUT2D eigenvalue weighted by Crippen LogP contribution is 2.14. The molecule has 252 valence electrons. The van der Waals surface area contributed by atoms with Crippen LogP contribution in [0.5, 0.6) is 0 Å². The lowest BCUT2D eigenvalue weighted by atomic mass is 9.98. The normalized spacial score (nSPS) is 14.1. The Hall–Kier alpha value is -3.93. The van der Waals surface area contributed by atoms with Crippen LogP contribution in [0.4, 0.5) is 0 Å². The van der Waals surface area contributed by atoms with Crippen molar-refractivity contribution in [3.63, 3.8) is 0 Å². The Balaban J connectivity index is 2.24. The van der Waals surface area contributed by atoms with Crippen LogP contribution in [0, 0.1) is 11.8 Å². The fourth-order valence-corrected chi connectivity index (χ4v) is 5.72. The first-order chi connectivity index (χ1) is 21.7. The molecule has 0 aliphatic carbocycles. The van der Waals surface area contributed by atoms with E-state index in [1.54, 1.807) is 0 Å². The molecular weight excluding hydrogens is 606 g/mol. The van der Waals surface area contributed by atoms with Crippen LogP contribution in [-0.4, -0.2) is 62.3 Å². The summed E-state index contributed by atoms with van der Waals surface area (Å²) in [5, 5.41) is 12.2. The lowest BCUT2D eigenvalue weighted by Crippen LogP contribution is -2.56. The minimum atomic E-state index is -3.29. The molecule has 5 N–H and O–H groups in total. The molecule has 0 radical (unpaired) electrons. The molecule has 0 bridgehead atoms. The van der Waals surface area contributed by atoms with Gasteiger partial charge < -0.3 is 21.7 Å². The van der Waals surface area contributed by atoms with Gasteiger partial charge in [0.15, 0.2) is 0 Å². The summed E-state index contributed by atoms with van der Waals surface area (Å²) in [6.07, 6.45) is 2.51. The maximum absolute atomic E-state index is 13.7. The van der Waals surface area contributed by atoms with Gasteiger partial charge >= 0.3 is 0 Å². The zero-order valence-corrected chi connectivity index (χ0v) is 28.3. The molecule has 0 saturated heterocycles. The highest BCUT2D eigenvalue weighted by atomic mass is 32.2. The number of nitrogens with zero attached hydrogens (tertiary/aromatic N) is 3. The van der Waals surface area contributed by atoms with Crippen molar-refractivity contribution in [1.82, 2.24) is 16.0 Å². The lowest BCUT2D eigenvalue weighted by molar-refractivity contribution is -0.133. The summed E-state index contributed by atoms with van der Waals surface area (Å²) in [5.74, 6) is -1.62. The van der Waals surface area contributed by atoms with Crippen LogP contribution in [-0.2, 0) is 43.6 Å². The SMILES string of the molecule is CC(C)C[C@H](NC(=O)[C@H](Cc1ccccc1)N=[N+]=[N-])C(=O)N[C@@H](CC(C)C)C(=O)N[C@H](CCS(C)(=O)=O)Cc1ccc(CN)cc1. The molecule has 0 saturated carbocycles. The fourth-order valence-electron chi connectivity index (χ4n) is 5.01. The quantitative estimate of drug-likeness (QED) is 0.101. The molecular formula is C33H49N7O5S. The molecule has 0 heterocycles. The maximum Gasteiger partial charge on any atom is 0.243 e. The molecule has 0 aliphatic rings. The van der Waals surface area contributed by atoms with Crippen molar-refractivity contribution >= 4 is 27.6 Å². The van der Waals surface area contributed by atoms with Crippen LogP contribution in [0.15, 0.2) is 59.7 Å². The number of nitrogens with one attached hydrogen (secondary N) is 3. The number of carbonyl (C=O) groups is 3. The molecule has 0 aliphatic heterocycles. The highest BCUT2D eigenvalue weighted by Gasteiger charge is 2.31. The summed E-state index contributed by atoms with van der Waals surface area (Å²) in [7, 11) is -3.29. The molecule has 0 aromatic heterocycles. The Kier molecular flexibility index (Phi) is 15.7. The van der Waals surface area contributed by atoms with Gasteiger partial charge in [0.05, 0.1) is 5.75 Å². The van der Waals surface area contributed by atoms with E-state index in [4.69, 9.17) is 11.3 Å². The zero-order chi connectivity index (χ0) is 34.3. The third kappa shape index (κ3) is 14.4. The Morgan fingerprint density at radius 3 is 1.78 bits per heavy atom. The van der Waals surface area contributed by atoms with Gasteiger partial charge in [0.2, 0.25) is 17.7 Å². The molecule has 0 spiro atoms. The van der Waals surface area contributed by atoms with Gasteiger partial charge in [-0.3, -0.25) is 14.4 Å². The molecule has 2 aromatic rings. The first-order valence-corrected chi connectivity index (χ1v) is 17.7. The van der Waals surface area contributed by atoms with E-state index < -0.39 is 51.7 Å². The molecule has 2 rings (SSSR count). The van der Waals surface area contributed by atoms with Gasteiger partial charge in [-0.15, -0.1) is 0 Å². The molecule has 12 nitrogen and oxygen atoms in total. The Bertz CT molecular complexity index is 1430. The number of hydrogen-bond donors (Lipinski definition) is 4. The molecule has 0 fully saturated rings. The number of benzene rings is 2. The van der Waals surface area contributed by atoms with Gasteiger partial charge in [-0.1, -0.05) is 87.4 Å². The van der Waals surface area contributed by atoms with Gasteiger partial charge in [-0.2, -0.15) is 0 Å². The summed E-state index contributed by atoms with van der Waals surface area (Å²) in [6.45, 7) is 8.06. The van der Waals surface area contributed by atoms with Gasteiger partial charge in [0.25, 0.3) is 0 Å². The predicted molar refractivity (Wildman–Crippen MR) is 180 cm³/mol. The second-order valence-corrected chi connectivity index (χ2v) is 14.9. The fraction of sp³-hybridized carbons (Fsp3) is 0.545. The number of amides is 3. The average molecular weight is 656 g/mol. The summed E-state index contributed by atoms with van der Waals surface area (Å²) in [4.78, 5) is 43.4. The second kappa shape index (κ2) is 18.9. The smallest absolute Gasteiger partial charge is 0.243 e. The van der Waals surface area contributed by atoms with Crippen LogP contribution in [0.2, 0.25) is 0 Å². The van der Waals surface area contributed by atoms with Crippen molar-refractivity contribution in [3.05, 3.63) is 81.7 Å². The second-order valence-electron chi connectivity index (χ2n) is 12.6. The monoisotopic (exact) mass is 655 g/mol. The lowest BCUT2D eigenvalue weighted by Gasteiger charge is -2.27. The number of carbonyl (C=O) groups excluding carboxylic acids is 3. The van der Waals surface area contributed by atoms with E-state index >= 15 is 0 Å². The highest BCUT2D eigenvalue weighted by molar-refractivity contribution is 7.90. The molecule has 46 heavy (non-hydrogen) atoms. The van der Waals surface area contributed by atoms with Gasteiger partial charge in [0.1, 0.15) is 28.0 Å². The van der Waals surface area contributed by atoms with E-state index in [2.05, 4.69) is 26.0 Å². The summed E-state index contributed by atoms with van der Waals surface area (Å²) < 4.78 is 24.0. The van der Waals surface area contributed by atoms with E-state index in [0.717, 1.165) is 22.9 Å². The Morgan fingerprint density at radius 2 is 1.28 bits per heavy atom. The van der Waals surface area contributed by atoms with Crippen LogP contribution >= 0.6 is 0 Å². The minimum absolute atomic E-state index is 0.0199. The topological polar surface area (TPSA) is 196 Å². The number of nitrogens with two attached hydrogens (primary N) is 1. The van der Waals surface area contributed by atoms with Gasteiger partial charge in [-0.25, -0.2) is 8.42 Å². The van der Waals surface area contributed by atoms with E-state index in [9.17, 15) is 22.8 Å². The molecule has 4 atom stereocenters. The molecule has 3 amide bonds. The van der Waals surface area contributed by atoms with Crippen molar-refractivity contribution < 1.29 is 22.8 Å². The first-order valence-electron chi connectivity index (χ1n) is 15.7. The molecule has 2 aromatic carbocycles. The van der Waals surface area contributed by atoms with Crippen molar-refractivity contribution in [2.75, 3.05) is 12.0 Å².